The summed E-state index contributed by atoms with van der Waals surface area (Å²) in [4.78, 5) is 0. The Morgan fingerprint density at radius 1 is 1.19 bits per heavy atom. The summed E-state index contributed by atoms with van der Waals surface area (Å²) in [6, 6.07) is 2.03. The van der Waals surface area contributed by atoms with Gasteiger partial charge in [0.25, 0.3) is 0 Å². The maximum atomic E-state index is 10.3. The number of hydrogen-bond acceptors (Lipinski definition) is 2. The fraction of sp³-hybridized carbons (Fsp3) is 0.714. The topological polar surface area (TPSA) is 20.2 Å². The first-order valence-electron chi connectivity index (χ1n) is 6.42. The van der Waals surface area contributed by atoms with Crippen molar-refractivity contribution in [3.05, 3.63) is 22.4 Å². The molecule has 1 aromatic heterocycles. The zero-order valence-corrected chi connectivity index (χ0v) is 11.4. The highest BCUT2D eigenvalue weighted by Gasteiger charge is 2.22. The van der Waals surface area contributed by atoms with Crippen LogP contribution in [0.1, 0.15) is 64.4 Å². The summed E-state index contributed by atoms with van der Waals surface area (Å²) in [5.74, 6) is 0. The Morgan fingerprint density at radius 2 is 1.88 bits per heavy atom. The molecule has 0 aliphatic carbocycles. The minimum absolute atomic E-state index is 0.620. The Hall–Kier alpha value is -0.340. The van der Waals surface area contributed by atoms with E-state index in [1.807, 2.05) is 18.4 Å². The van der Waals surface area contributed by atoms with E-state index in [1.54, 1.807) is 11.3 Å². The molecule has 0 radical (unpaired) electrons. The Bertz CT molecular complexity index is 264. The second-order valence-electron chi connectivity index (χ2n) is 4.80. The molecular weight excluding hydrogens is 216 g/mol. The van der Waals surface area contributed by atoms with Crippen LogP contribution in [0.4, 0.5) is 0 Å². The van der Waals surface area contributed by atoms with Crippen molar-refractivity contribution in [1.29, 1.82) is 0 Å². The van der Waals surface area contributed by atoms with E-state index in [1.165, 1.54) is 32.1 Å². The van der Waals surface area contributed by atoms with Crippen molar-refractivity contribution in [2.24, 2.45) is 0 Å². The second-order valence-corrected chi connectivity index (χ2v) is 5.58. The van der Waals surface area contributed by atoms with Gasteiger partial charge in [-0.3, -0.25) is 0 Å². The number of thiophene rings is 1. The van der Waals surface area contributed by atoms with Crippen molar-refractivity contribution in [3.63, 3.8) is 0 Å². The fourth-order valence-electron chi connectivity index (χ4n) is 1.96. The normalized spacial score (nSPS) is 14.9. The molecule has 92 valence electrons. The molecule has 0 aromatic carbocycles. The third kappa shape index (κ3) is 4.67. The van der Waals surface area contributed by atoms with E-state index in [4.69, 9.17) is 0 Å². The van der Waals surface area contributed by atoms with E-state index in [-0.39, 0.29) is 0 Å². The highest BCUT2D eigenvalue weighted by molar-refractivity contribution is 7.08. The first kappa shape index (κ1) is 13.7. The Morgan fingerprint density at radius 3 is 2.50 bits per heavy atom. The highest BCUT2D eigenvalue weighted by atomic mass is 32.1. The van der Waals surface area contributed by atoms with Gasteiger partial charge in [0.15, 0.2) is 0 Å². The third-order valence-corrected chi connectivity index (χ3v) is 3.84. The monoisotopic (exact) mass is 240 g/mol. The molecule has 0 amide bonds. The molecule has 0 aliphatic rings. The minimum Gasteiger partial charge on any atom is -0.385 e. The van der Waals surface area contributed by atoms with Gasteiger partial charge in [0.2, 0.25) is 0 Å². The summed E-state index contributed by atoms with van der Waals surface area (Å²) in [5, 5.41) is 14.4. The van der Waals surface area contributed by atoms with Crippen LogP contribution in [0.2, 0.25) is 0 Å². The van der Waals surface area contributed by atoms with Crippen molar-refractivity contribution < 1.29 is 5.11 Å². The standard InChI is InChI=1S/C14H24OS/c1-3-4-5-6-7-8-10-14(2,15)13-9-11-16-12-13/h9,11-12,15H,3-8,10H2,1-2H3. The summed E-state index contributed by atoms with van der Waals surface area (Å²) >= 11 is 1.66. The van der Waals surface area contributed by atoms with E-state index in [9.17, 15) is 5.11 Å². The molecule has 0 aliphatic heterocycles. The first-order chi connectivity index (χ1) is 7.67. The fourth-order valence-corrected chi connectivity index (χ4v) is 2.75. The lowest BCUT2D eigenvalue weighted by Gasteiger charge is -2.22. The van der Waals surface area contributed by atoms with Crippen LogP contribution < -0.4 is 0 Å². The first-order valence-corrected chi connectivity index (χ1v) is 7.36. The van der Waals surface area contributed by atoms with Gasteiger partial charge in [0.1, 0.15) is 0 Å². The summed E-state index contributed by atoms with van der Waals surface area (Å²) in [7, 11) is 0. The Kier molecular flexibility index (Phi) is 6.07. The van der Waals surface area contributed by atoms with Gasteiger partial charge in [-0.25, -0.2) is 0 Å². The third-order valence-electron chi connectivity index (χ3n) is 3.16. The van der Waals surface area contributed by atoms with E-state index >= 15 is 0 Å². The van der Waals surface area contributed by atoms with E-state index < -0.39 is 5.60 Å². The lowest BCUT2D eigenvalue weighted by Crippen LogP contribution is -2.19. The molecule has 1 unspecified atom stereocenters. The molecule has 1 aromatic rings. The molecule has 0 saturated heterocycles. The van der Waals surface area contributed by atoms with Crippen LogP contribution in [0.5, 0.6) is 0 Å². The summed E-state index contributed by atoms with van der Waals surface area (Å²) < 4.78 is 0. The van der Waals surface area contributed by atoms with Gasteiger partial charge in [-0.05, 0) is 35.7 Å². The minimum atomic E-state index is -0.620. The molecule has 1 atom stereocenters. The zero-order chi connectivity index (χ0) is 11.9. The average Bonchev–Trinajstić information content (AvgIpc) is 2.77. The van der Waals surface area contributed by atoms with Crippen LogP contribution in [0.25, 0.3) is 0 Å². The molecule has 1 nitrogen and oxygen atoms in total. The van der Waals surface area contributed by atoms with Crippen molar-refractivity contribution in [1.82, 2.24) is 0 Å². The largest absolute Gasteiger partial charge is 0.385 e. The van der Waals surface area contributed by atoms with Crippen molar-refractivity contribution in [2.45, 2.75) is 64.4 Å². The maximum absolute atomic E-state index is 10.3. The van der Waals surface area contributed by atoms with E-state index in [0.717, 1.165) is 18.4 Å². The summed E-state index contributed by atoms with van der Waals surface area (Å²) in [6.45, 7) is 4.17. The van der Waals surface area contributed by atoms with Crippen LogP contribution in [-0.2, 0) is 5.60 Å². The number of unbranched alkanes of at least 4 members (excludes halogenated alkanes) is 5. The van der Waals surface area contributed by atoms with Crippen LogP contribution >= 0.6 is 11.3 Å². The molecule has 0 spiro atoms. The van der Waals surface area contributed by atoms with Gasteiger partial charge in [0, 0.05) is 0 Å². The molecule has 0 fully saturated rings. The van der Waals surface area contributed by atoms with Gasteiger partial charge in [0.05, 0.1) is 5.60 Å². The van der Waals surface area contributed by atoms with Crippen LogP contribution in [0, 0.1) is 0 Å². The van der Waals surface area contributed by atoms with E-state index in [2.05, 4.69) is 12.3 Å². The van der Waals surface area contributed by atoms with Gasteiger partial charge in [-0.1, -0.05) is 45.4 Å². The van der Waals surface area contributed by atoms with Gasteiger partial charge in [-0.2, -0.15) is 11.3 Å². The lowest BCUT2D eigenvalue weighted by atomic mass is 9.92. The molecule has 0 bridgehead atoms. The molecule has 1 N–H and O–H groups in total. The van der Waals surface area contributed by atoms with Crippen molar-refractivity contribution in [2.75, 3.05) is 0 Å². The lowest BCUT2D eigenvalue weighted by molar-refractivity contribution is 0.0452. The Labute approximate surface area is 104 Å². The molecule has 1 heterocycles. The van der Waals surface area contributed by atoms with Crippen LogP contribution in [0.3, 0.4) is 0 Å². The predicted octanol–water partition coefficient (Wildman–Crippen LogP) is 4.71. The molecule has 16 heavy (non-hydrogen) atoms. The maximum Gasteiger partial charge on any atom is 0.0876 e. The summed E-state index contributed by atoms with van der Waals surface area (Å²) in [5.41, 5.74) is 0.455. The highest BCUT2D eigenvalue weighted by Crippen LogP contribution is 2.28. The molecule has 1 rings (SSSR count). The Balaban J connectivity index is 2.17. The molecule has 0 saturated carbocycles. The van der Waals surface area contributed by atoms with Crippen molar-refractivity contribution in [3.8, 4) is 0 Å². The van der Waals surface area contributed by atoms with Gasteiger partial charge < -0.3 is 5.11 Å². The predicted molar refractivity (Wildman–Crippen MR) is 71.9 cm³/mol. The smallest absolute Gasteiger partial charge is 0.0876 e. The SMILES string of the molecule is CCCCCCCCC(C)(O)c1ccsc1. The quantitative estimate of drug-likeness (QED) is 0.653. The van der Waals surface area contributed by atoms with Crippen LogP contribution in [-0.4, -0.2) is 5.11 Å². The van der Waals surface area contributed by atoms with Gasteiger partial charge in [-0.15, -0.1) is 0 Å². The van der Waals surface area contributed by atoms with Crippen LogP contribution in [0.15, 0.2) is 16.8 Å². The second kappa shape index (κ2) is 7.08. The van der Waals surface area contributed by atoms with E-state index in [0.29, 0.717) is 0 Å². The summed E-state index contributed by atoms with van der Waals surface area (Å²) in [6.07, 6.45) is 8.57. The number of hydrogen-bond donors (Lipinski definition) is 1. The number of rotatable bonds is 8. The van der Waals surface area contributed by atoms with Gasteiger partial charge >= 0.3 is 0 Å². The van der Waals surface area contributed by atoms with Crippen molar-refractivity contribution >= 4 is 11.3 Å². The number of aliphatic hydroxyl groups is 1. The zero-order valence-electron chi connectivity index (χ0n) is 10.5. The molecular formula is C14H24OS. The average molecular weight is 240 g/mol. The molecule has 2 heteroatoms.